The standard InChI is InChI=1S/C11H8ClF3N6/c1-4-16-10(21-20-4)19-9-17-7-2-5(11(13,14)15)6(12)3-8(7)18-9/h2-3H,1H3,(H3,16,17,18,19,20,21). The smallest absolute Gasteiger partial charge is 0.324 e. The summed E-state index contributed by atoms with van der Waals surface area (Å²) in [6, 6.07) is 2.07. The van der Waals surface area contributed by atoms with Crippen molar-refractivity contribution in [2.24, 2.45) is 0 Å². The number of aromatic amines is 2. The van der Waals surface area contributed by atoms with E-state index in [2.05, 4.69) is 30.5 Å². The highest BCUT2D eigenvalue weighted by atomic mass is 35.5. The minimum absolute atomic E-state index is 0.210. The molecular weight excluding hydrogens is 309 g/mol. The predicted molar refractivity (Wildman–Crippen MR) is 70.5 cm³/mol. The van der Waals surface area contributed by atoms with Crippen LogP contribution in [0.3, 0.4) is 0 Å². The Bertz CT molecular complexity index is 806. The predicted octanol–water partition coefficient (Wildman–Crippen LogP) is 3.41. The molecule has 0 bridgehead atoms. The first kappa shape index (κ1) is 13.7. The molecule has 0 aliphatic heterocycles. The van der Waals surface area contributed by atoms with Gasteiger partial charge in [-0.15, -0.1) is 5.10 Å². The Balaban J connectivity index is 2.00. The molecule has 0 fully saturated rings. The monoisotopic (exact) mass is 316 g/mol. The molecule has 0 spiro atoms. The number of hydrogen-bond donors (Lipinski definition) is 3. The number of aromatic nitrogens is 5. The number of nitrogens with one attached hydrogen (secondary N) is 3. The summed E-state index contributed by atoms with van der Waals surface area (Å²) >= 11 is 5.64. The van der Waals surface area contributed by atoms with Crippen molar-refractivity contribution in [1.29, 1.82) is 0 Å². The van der Waals surface area contributed by atoms with Crippen molar-refractivity contribution >= 4 is 34.5 Å². The van der Waals surface area contributed by atoms with Crippen molar-refractivity contribution in [1.82, 2.24) is 25.1 Å². The fourth-order valence-corrected chi connectivity index (χ4v) is 2.08. The van der Waals surface area contributed by atoms with Crippen LogP contribution in [0.25, 0.3) is 11.0 Å². The maximum absolute atomic E-state index is 12.8. The van der Waals surface area contributed by atoms with Gasteiger partial charge in [0.15, 0.2) is 0 Å². The third-order valence-corrected chi connectivity index (χ3v) is 3.02. The van der Waals surface area contributed by atoms with Gasteiger partial charge >= 0.3 is 6.18 Å². The number of nitrogens with zero attached hydrogens (tertiary/aromatic N) is 3. The van der Waals surface area contributed by atoms with Crippen LogP contribution in [-0.4, -0.2) is 25.1 Å². The van der Waals surface area contributed by atoms with Crippen LogP contribution in [0, 0.1) is 6.92 Å². The Morgan fingerprint density at radius 2 is 2.00 bits per heavy atom. The lowest BCUT2D eigenvalue weighted by atomic mass is 10.2. The van der Waals surface area contributed by atoms with Gasteiger partial charge in [0.1, 0.15) is 5.82 Å². The third-order valence-electron chi connectivity index (χ3n) is 2.70. The van der Waals surface area contributed by atoms with E-state index in [0.717, 1.165) is 12.1 Å². The van der Waals surface area contributed by atoms with Gasteiger partial charge in [0.05, 0.1) is 21.6 Å². The fourth-order valence-electron chi connectivity index (χ4n) is 1.81. The second kappa shape index (κ2) is 4.62. The molecule has 0 aliphatic rings. The van der Waals surface area contributed by atoms with Crippen molar-refractivity contribution in [3.8, 4) is 0 Å². The molecule has 0 atom stereocenters. The Morgan fingerprint density at radius 3 is 2.62 bits per heavy atom. The fraction of sp³-hybridized carbons (Fsp3) is 0.182. The van der Waals surface area contributed by atoms with E-state index in [1.54, 1.807) is 6.92 Å². The summed E-state index contributed by atoms with van der Waals surface area (Å²) in [5, 5.41) is 8.81. The lowest BCUT2D eigenvalue weighted by Crippen LogP contribution is -2.05. The van der Waals surface area contributed by atoms with Gasteiger partial charge in [-0.3, -0.25) is 10.4 Å². The van der Waals surface area contributed by atoms with Crippen molar-refractivity contribution in [3.63, 3.8) is 0 Å². The second-order valence-electron chi connectivity index (χ2n) is 4.30. The average Bonchev–Trinajstić information content (AvgIpc) is 2.93. The van der Waals surface area contributed by atoms with Gasteiger partial charge in [-0.2, -0.15) is 18.2 Å². The maximum atomic E-state index is 12.8. The molecule has 0 unspecified atom stereocenters. The van der Waals surface area contributed by atoms with E-state index in [0.29, 0.717) is 11.3 Å². The molecule has 0 radical (unpaired) electrons. The number of imidazole rings is 1. The Labute approximate surface area is 120 Å². The van der Waals surface area contributed by atoms with Gasteiger partial charge in [0.25, 0.3) is 0 Å². The van der Waals surface area contributed by atoms with Crippen LogP contribution in [0.4, 0.5) is 25.1 Å². The van der Waals surface area contributed by atoms with Crippen LogP contribution in [0.5, 0.6) is 0 Å². The molecule has 2 aromatic heterocycles. The first-order valence-electron chi connectivity index (χ1n) is 5.75. The van der Waals surface area contributed by atoms with Crippen molar-refractivity contribution in [3.05, 3.63) is 28.5 Å². The first-order valence-corrected chi connectivity index (χ1v) is 6.13. The zero-order chi connectivity index (χ0) is 15.2. The summed E-state index contributed by atoms with van der Waals surface area (Å²) in [7, 11) is 0. The van der Waals surface area contributed by atoms with Gasteiger partial charge in [-0.1, -0.05) is 11.6 Å². The van der Waals surface area contributed by atoms with Crippen LogP contribution in [0.2, 0.25) is 5.02 Å². The van der Waals surface area contributed by atoms with Gasteiger partial charge in [0.2, 0.25) is 11.9 Å². The summed E-state index contributed by atoms with van der Waals surface area (Å²) in [5.41, 5.74) is -0.398. The molecule has 10 heteroatoms. The van der Waals surface area contributed by atoms with Crippen LogP contribution in [0.1, 0.15) is 11.4 Å². The molecule has 0 saturated carbocycles. The highest BCUT2D eigenvalue weighted by Gasteiger charge is 2.33. The third kappa shape index (κ3) is 2.64. The average molecular weight is 317 g/mol. The summed E-state index contributed by atoms with van der Waals surface area (Å²) in [6.45, 7) is 1.71. The molecule has 0 amide bonds. The number of alkyl halides is 3. The molecule has 1 aromatic carbocycles. The molecule has 0 aliphatic carbocycles. The quantitative estimate of drug-likeness (QED) is 0.676. The molecule has 2 heterocycles. The van der Waals surface area contributed by atoms with Gasteiger partial charge in [-0.25, -0.2) is 4.98 Å². The molecule has 6 nitrogen and oxygen atoms in total. The largest absolute Gasteiger partial charge is 0.417 e. The Kier molecular flexibility index (Phi) is 3.01. The van der Waals surface area contributed by atoms with E-state index in [-0.39, 0.29) is 17.4 Å². The van der Waals surface area contributed by atoms with E-state index in [1.807, 2.05) is 0 Å². The Morgan fingerprint density at radius 1 is 1.24 bits per heavy atom. The highest BCUT2D eigenvalue weighted by molar-refractivity contribution is 6.32. The minimum atomic E-state index is -4.52. The van der Waals surface area contributed by atoms with Gasteiger partial charge in [0, 0.05) is 0 Å². The number of hydrogen-bond acceptors (Lipinski definition) is 4. The van der Waals surface area contributed by atoms with Gasteiger partial charge < -0.3 is 4.98 Å². The van der Waals surface area contributed by atoms with E-state index >= 15 is 0 Å². The number of anilines is 2. The summed E-state index contributed by atoms with van der Waals surface area (Å²) in [6.07, 6.45) is -4.52. The number of halogens is 4. The van der Waals surface area contributed by atoms with Crippen LogP contribution < -0.4 is 5.32 Å². The van der Waals surface area contributed by atoms with Crippen LogP contribution in [-0.2, 0) is 6.18 Å². The number of benzene rings is 1. The lowest BCUT2D eigenvalue weighted by molar-refractivity contribution is -0.137. The number of H-pyrrole nitrogens is 2. The molecule has 21 heavy (non-hydrogen) atoms. The van der Waals surface area contributed by atoms with E-state index in [1.165, 1.54) is 0 Å². The maximum Gasteiger partial charge on any atom is 0.417 e. The molecule has 0 saturated heterocycles. The number of rotatable bonds is 2. The highest BCUT2D eigenvalue weighted by Crippen LogP contribution is 2.36. The summed E-state index contributed by atoms with van der Waals surface area (Å²) in [5.74, 6) is 1.07. The summed E-state index contributed by atoms with van der Waals surface area (Å²) in [4.78, 5) is 10.8. The van der Waals surface area contributed by atoms with Crippen molar-refractivity contribution in [2.75, 3.05) is 5.32 Å². The zero-order valence-electron chi connectivity index (χ0n) is 10.5. The normalized spacial score (nSPS) is 12.0. The minimum Gasteiger partial charge on any atom is -0.324 e. The Hall–Kier alpha value is -2.29. The van der Waals surface area contributed by atoms with Crippen LogP contribution >= 0.6 is 11.6 Å². The van der Waals surface area contributed by atoms with Gasteiger partial charge in [-0.05, 0) is 19.1 Å². The van der Waals surface area contributed by atoms with Crippen molar-refractivity contribution < 1.29 is 13.2 Å². The van der Waals surface area contributed by atoms with E-state index < -0.39 is 16.8 Å². The molecule has 110 valence electrons. The summed E-state index contributed by atoms with van der Waals surface area (Å²) < 4.78 is 38.3. The molecule has 3 rings (SSSR count). The zero-order valence-corrected chi connectivity index (χ0v) is 11.3. The van der Waals surface area contributed by atoms with E-state index in [9.17, 15) is 13.2 Å². The first-order chi connectivity index (χ1) is 9.83. The topological polar surface area (TPSA) is 82.3 Å². The SMILES string of the molecule is Cc1nc(Nc2nc3cc(Cl)c(C(F)(F)F)cc3[nH]2)n[nH]1. The number of aryl methyl sites for hydroxylation is 1. The lowest BCUT2D eigenvalue weighted by Gasteiger charge is -2.07. The molecule has 3 aromatic rings. The van der Waals surface area contributed by atoms with Crippen molar-refractivity contribution in [2.45, 2.75) is 13.1 Å². The number of fused-ring (bicyclic) bond motifs is 1. The van der Waals surface area contributed by atoms with Crippen LogP contribution in [0.15, 0.2) is 12.1 Å². The molecule has 3 N–H and O–H groups in total. The second-order valence-corrected chi connectivity index (χ2v) is 4.71. The van der Waals surface area contributed by atoms with E-state index in [4.69, 9.17) is 11.6 Å². The molecular formula is C11H8ClF3N6.